The van der Waals surface area contributed by atoms with E-state index in [4.69, 9.17) is 4.74 Å². The number of para-hydroxylation sites is 1. The molecule has 2 aromatic carbocycles. The third-order valence-corrected chi connectivity index (χ3v) is 3.60. The van der Waals surface area contributed by atoms with E-state index >= 15 is 0 Å². The van der Waals surface area contributed by atoms with Gasteiger partial charge in [-0.15, -0.1) is 0 Å². The molecule has 0 unspecified atom stereocenters. The molecule has 0 aliphatic rings. The molecular weight excluding hydrogens is 314 g/mol. The zero-order valence-electron chi connectivity index (χ0n) is 11.9. The fraction of sp³-hybridized carbons (Fsp3) is 0.294. The van der Waals surface area contributed by atoms with Gasteiger partial charge in [0.05, 0.1) is 4.47 Å². The van der Waals surface area contributed by atoms with Gasteiger partial charge in [-0.1, -0.05) is 56.3 Å². The molecule has 0 radical (unpaired) electrons. The zero-order chi connectivity index (χ0) is 14.4. The fourth-order valence-electron chi connectivity index (χ4n) is 1.90. The lowest BCUT2D eigenvalue weighted by Crippen LogP contribution is -2.22. The third kappa shape index (κ3) is 4.36. The molecule has 1 N–H and O–H groups in total. The minimum Gasteiger partial charge on any atom is -0.487 e. The zero-order valence-corrected chi connectivity index (χ0v) is 13.5. The number of hydrogen-bond donors (Lipinski definition) is 1. The highest BCUT2D eigenvalue weighted by Gasteiger charge is 2.08. The average Bonchev–Trinajstić information content (AvgIpc) is 2.45. The van der Waals surface area contributed by atoms with E-state index < -0.39 is 0 Å². The van der Waals surface area contributed by atoms with Crippen LogP contribution in [0.15, 0.2) is 53.0 Å². The van der Waals surface area contributed by atoms with Crippen molar-refractivity contribution in [2.75, 3.05) is 0 Å². The lowest BCUT2D eigenvalue weighted by atomic mass is 10.2. The highest BCUT2D eigenvalue weighted by atomic mass is 79.9. The number of hydrogen-bond acceptors (Lipinski definition) is 2. The van der Waals surface area contributed by atoms with E-state index in [1.54, 1.807) is 0 Å². The van der Waals surface area contributed by atoms with Gasteiger partial charge in [-0.3, -0.25) is 0 Å². The van der Waals surface area contributed by atoms with E-state index in [1.165, 1.54) is 11.1 Å². The van der Waals surface area contributed by atoms with Crippen LogP contribution in [0.4, 0.5) is 0 Å². The summed E-state index contributed by atoms with van der Waals surface area (Å²) in [6.07, 6.45) is 0. The first-order valence-corrected chi connectivity index (χ1v) is 7.63. The standard InChI is InChI=1S/C17H20BrNO/c1-13(2)19-11-15-9-6-10-16(18)17(15)20-12-14-7-4-3-5-8-14/h3-10,13,19H,11-12H2,1-2H3. The Hall–Kier alpha value is -1.32. The summed E-state index contributed by atoms with van der Waals surface area (Å²) in [5.41, 5.74) is 2.34. The molecule has 0 aromatic heterocycles. The number of ether oxygens (including phenoxy) is 1. The molecule has 2 rings (SSSR count). The van der Waals surface area contributed by atoms with E-state index in [0.29, 0.717) is 12.6 Å². The maximum absolute atomic E-state index is 6.00. The van der Waals surface area contributed by atoms with Crippen LogP contribution >= 0.6 is 15.9 Å². The number of benzene rings is 2. The summed E-state index contributed by atoms with van der Waals surface area (Å²) in [5, 5.41) is 3.43. The summed E-state index contributed by atoms with van der Waals surface area (Å²) in [6.45, 7) is 5.67. The van der Waals surface area contributed by atoms with Gasteiger partial charge in [0.2, 0.25) is 0 Å². The van der Waals surface area contributed by atoms with E-state index in [2.05, 4.69) is 53.3 Å². The van der Waals surface area contributed by atoms with Gasteiger partial charge in [-0.25, -0.2) is 0 Å². The quantitative estimate of drug-likeness (QED) is 0.838. The van der Waals surface area contributed by atoms with Crippen LogP contribution in [0.3, 0.4) is 0 Å². The Morgan fingerprint density at radius 3 is 2.50 bits per heavy atom. The Kier molecular flexibility index (Phi) is 5.62. The van der Waals surface area contributed by atoms with Crippen molar-refractivity contribution in [3.05, 3.63) is 64.1 Å². The summed E-state index contributed by atoms with van der Waals surface area (Å²) in [4.78, 5) is 0. The minimum absolute atomic E-state index is 0.455. The maximum Gasteiger partial charge on any atom is 0.138 e. The molecule has 0 aliphatic carbocycles. The molecule has 2 nitrogen and oxygen atoms in total. The van der Waals surface area contributed by atoms with Gasteiger partial charge in [-0.2, -0.15) is 0 Å². The second-order valence-corrected chi connectivity index (χ2v) is 5.89. The molecular formula is C17H20BrNO. The van der Waals surface area contributed by atoms with Crippen LogP contribution < -0.4 is 10.1 Å². The van der Waals surface area contributed by atoms with Crippen LogP contribution in [-0.4, -0.2) is 6.04 Å². The van der Waals surface area contributed by atoms with Crippen molar-refractivity contribution in [3.8, 4) is 5.75 Å². The van der Waals surface area contributed by atoms with Crippen LogP contribution in [0.2, 0.25) is 0 Å². The second kappa shape index (κ2) is 7.46. The van der Waals surface area contributed by atoms with Crippen molar-refractivity contribution < 1.29 is 4.74 Å². The predicted molar refractivity (Wildman–Crippen MR) is 86.9 cm³/mol. The van der Waals surface area contributed by atoms with Crippen LogP contribution in [0.5, 0.6) is 5.75 Å². The Labute approximate surface area is 129 Å². The number of rotatable bonds is 6. The third-order valence-electron chi connectivity index (χ3n) is 2.98. The molecule has 2 aromatic rings. The Balaban J connectivity index is 2.09. The predicted octanol–water partition coefficient (Wildman–Crippen LogP) is 4.53. The largest absolute Gasteiger partial charge is 0.487 e. The number of halogens is 1. The molecule has 0 amide bonds. The smallest absolute Gasteiger partial charge is 0.138 e. The molecule has 106 valence electrons. The summed E-state index contributed by atoms with van der Waals surface area (Å²) in [5.74, 6) is 0.921. The fourth-order valence-corrected chi connectivity index (χ4v) is 2.42. The average molecular weight is 334 g/mol. The van der Waals surface area contributed by atoms with Gasteiger partial charge >= 0.3 is 0 Å². The maximum atomic E-state index is 6.00. The van der Waals surface area contributed by atoms with Gasteiger partial charge in [-0.05, 0) is 27.6 Å². The molecule has 0 fully saturated rings. The topological polar surface area (TPSA) is 21.3 Å². The van der Waals surface area contributed by atoms with E-state index in [1.807, 2.05) is 30.3 Å². The van der Waals surface area contributed by atoms with Crippen molar-refractivity contribution in [1.29, 1.82) is 0 Å². The summed E-state index contributed by atoms with van der Waals surface area (Å²) >= 11 is 3.57. The van der Waals surface area contributed by atoms with Crippen molar-refractivity contribution >= 4 is 15.9 Å². The van der Waals surface area contributed by atoms with E-state index in [0.717, 1.165) is 16.8 Å². The van der Waals surface area contributed by atoms with Crippen molar-refractivity contribution in [1.82, 2.24) is 5.32 Å². The summed E-state index contributed by atoms with van der Waals surface area (Å²) in [6, 6.07) is 16.8. The first-order valence-electron chi connectivity index (χ1n) is 6.84. The Morgan fingerprint density at radius 1 is 1.05 bits per heavy atom. The minimum atomic E-state index is 0.455. The van der Waals surface area contributed by atoms with Crippen LogP contribution in [0, 0.1) is 0 Å². The SMILES string of the molecule is CC(C)NCc1cccc(Br)c1OCc1ccccc1. The van der Waals surface area contributed by atoms with Gasteiger partial charge < -0.3 is 10.1 Å². The molecule has 3 heteroatoms. The molecule has 0 saturated carbocycles. The van der Waals surface area contributed by atoms with Crippen molar-refractivity contribution in [3.63, 3.8) is 0 Å². The molecule has 0 heterocycles. The first-order chi connectivity index (χ1) is 9.66. The first kappa shape index (κ1) is 15.1. The highest BCUT2D eigenvalue weighted by Crippen LogP contribution is 2.29. The Morgan fingerprint density at radius 2 is 1.80 bits per heavy atom. The molecule has 0 atom stereocenters. The van der Waals surface area contributed by atoms with Crippen LogP contribution in [0.25, 0.3) is 0 Å². The lowest BCUT2D eigenvalue weighted by Gasteiger charge is -2.15. The number of nitrogens with one attached hydrogen (secondary N) is 1. The normalized spacial score (nSPS) is 10.8. The Bertz CT molecular complexity index is 540. The van der Waals surface area contributed by atoms with Gasteiger partial charge in [0.25, 0.3) is 0 Å². The monoisotopic (exact) mass is 333 g/mol. The van der Waals surface area contributed by atoms with E-state index in [-0.39, 0.29) is 0 Å². The molecule has 0 aliphatic heterocycles. The summed E-state index contributed by atoms with van der Waals surface area (Å²) in [7, 11) is 0. The van der Waals surface area contributed by atoms with Gasteiger partial charge in [0, 0.05) is 18.2 Å². The van der Waals surface area contributed by atoms with Crippen molar-refractivity contribution in [2.45, 2.75) is 33.0 Å². The second-order valence-electron chi connectivity index (χ2n) is 5.04. The van der Waals surface area contributed by atoms with Gasteiger partial charge in [0.15, 0.2) is 0 Å². The molecule has 0 spiro atoms. The molecule has 0 saturated heterocycles. The van der Waals surface area contributed by atoms with Crippen molar-refractivity contribution in [2.24, 2.45) is 0 Å². The molecule has 0 bridgehead atoms. The highest BCUT2D eigenvalue weighted by molar-refractivity contribution is 9.10. The lowest BCUT2D eigenvalue weighted by molar-refractivity contribution is 0.300. The van der Waals surface area contributed by atoms with Crippen LogP contribution in [0.1, 0.15) is 25.0 Å². The van der Waals surface area contributed by atoms with E-state index in [9.17, 15) is 0 Å². The van der Waals surface area contributed by atoms with Crippen LogP contribution in [-0.2, 0) is 13.2 Å². The van der Waals surface area contributed by atoms with Gasteiger partial charge in [0.1, 0.15) is 12.4 Å². The molecule has 20 heavy (non-hydrogen) atoms. The summed E-state index contributed by atoms with van der Waals surface area (Å²) < 4.78 is 7.00.